The molecule has 5 heteroatoms. The van der Waals surface area contributed by atoms with Crippen molar-refractivity contribution in [2.75, 3.05) is 16.8 Å². The van der Waals surface area contributed by atoms with Crippen LogP contribution in [0.4, 0.5) is 11.4 Å². The maximum Gasteiger partial charge on any atom is 0.337 e. The lowest BCUT2D eigenvalue weighted by Gasteiger charge is -2.35. The summed E-state index contributed by atoms with van der Waals surface area (Å²) in [6.07, 6.45) is 0.893. The van der Waals surface area contributed by atoms with Crippen molar-refractivity contribution in [1.82, 2.24) is 0 Å². The number of rotatable bonds is 3. The Kier molecular flexibility index (Phi) is 3.23. The van der Waals surface area contributed by atoms with Crippen LogP contribution in [0.5, 0.6) is 0 Å². The quantitative estimate of drug-likeness (QED) is 0.857. The molecular weight excluding hydrogens is 232 g/mol. The highest BCUT2D eigenvalue weighted by Gasteiger charge is 2.28. The Morgan fingerprint density at radius 1 is 1.56 bits per heavy atom. The van der Waals surface area contributed by atoms with E-state index in [1.165, 1.54) is 6.07 Å². The maximum absolute atomic E-state index is 11.7. The molecule has 2 rings (SSSR count). The van der Waals surface area contributed by atoms with Crippen LogP contribution in [0.2, 0.25) is 0 Å². The molecule has 0 radical (unpaired) electrons. The fraction of sp³-hybridized carbons (Fsp3) is 0.385. The molecule has 1 aromatic carbocycles. The molecule has 0 spiro atoms. The smallest absolute Gasteiger partial charge is 0.337 e. The van der Waals surface area contributed by atoms with Gasteiger partial charge in [-0.05, 0) is 25.5 Å². The van der Waals surface area contributed by atoms with E-state index in [1.54, 1.807) is 6.07 Å². The monoisotopic (exact) mass is 248 g/mol. The van der Waals surface area contributed by atoms with E-state index in [1.807, 2.05) is 24.8 Å². The molecule has 18 heavy (non-hydrogen) atoms. The number of fused-ring (bicyclic) bond motifs is 1. The number of nitrogens with one attached hydrogen (secondary N) is 1. The fourth-order valence-electron chi connectivity index (χ4n) is 2.12. The lowest BCUT2D eigenvalue weighted by atomic mass is 10.1. The van der Waals surface area contributed by atoms with E-state index in [9.17, 15) is 9.59 Å². The third-order valence-corrected chi connectivity index (χ3v) is 3.28. The topological polar surface area (TPSA) is 69.6 Å². The molecule has 0 bridgehead atoms. The highest BCUT2D eigenvalue weighted by atomic mass is 16.4. The van der Waals surface area contributed by atoms with E-state index >= 15 is 0 Å². The molecule has 96 valence electrons. The first-order valence-corrected chi connectivity index (χ1v) is 5.97. The molecule has 1 atom stereocenters. The molecule has 1 aliphatic rings. The van der Waals surface area contributed by atoms with Crippen LogP contribution in [-0.2, 0) is 4.79 Å². The van der Waals surface area contributed by atoms with Crippen molar-refractivity contribution in [2.45, 2.75) is 26.3 Å². The van der Waals surface area contributed by atoms with Gasteiger partial charge in [-0.1, -0.05) is 13.0 Å². The molecule has 1 aliphatic heterocycles. The molecule has 5 nitrogen and oxygen atoms in total. The lowest BCUT2D eigenvalue weighted by molar-refractivity contribution is -0.115. The van der Waals surface area contributed by atoms with E-state index in [4.69, 9.17) is 5.11 Å². The van der Waals surface area contributed by atoms with Crippen molar-refractivity contribution < 1.29 is 14.7 Å². The molecule has 1 amide bonds. The molecule has 0 aliphatic carbocycles. The summed E-state index contributed by atoms with van der Waals surface area (Å²) >= 11 is 0. The van der Waals surface area contributed by atoms with E-state index in [0.29, 0.717) is 5.69 Å². The molecular formula is C13H16N2O3. The van der Waals surface area contributed by atoms with Gasteiger partial charge in [0.15, 0.2) is 0 Å². The van der Waals surface area contributed by atoms with Gasteiger partial charge >= 0.3 is 5.97 Å². The molecule has 0 saturated carbocycles. The van der Waals surface area contributed by atoms with Crippen LogP contribution in [0, 0.1) is 0 Å². The van der Waals surface area contributed by atoms with E-state index in [-0.39, 0.29) is 24.1 Å². The SMILES string of the molecule is CCC(C)N1CC(=O)Nc2c(C(=O)O)cccc21. The summed E-state index contributed by atoms with van der Waals surface area (Å²) < 4.78 is 0. The van der Waals surface area contributed by atoms with Gasteiger partial charge < -0.3 is 15.3 Å². The maximum atomic E-state index is 11.7. The van der Waals surface area contributed by atoms with Crippen LogP contribution in [-0.4, -0.2) is 29.6 Å². The van der Waals surface area contributed by atoms with E-state index in [2.05, 4.69) is 5.32 Å². The van der Waals surface area contributed by atoms with Gasteiger partial charge in [-0.25, -0.2) is 4.79 Å². The van der Waals surface area contributed by atoms with Gasteiger partial charge in [-0.3, -0.25) is 4.79 Å². The van der Waals surface area contributed by atoms with Gasteiger partial charge in [0, 0.05) is 6.04 Å². The molecule has 0 saturated heterocycles. The highest BCUT2D eigenvalue weighted by Crippen LogP contribution is 2.34. The number of carboxylic acid groups (broad SMARTS) is 1. The van der Waals surface area contributed by atoms with Crippen molar-refractivity contribution in [3.63, 3.8) is 0 Å². The van der Waals surface area contributed by atoms with Crippen molar-refractivity contribution in [3.05, 3.63) is 23.8 Å². The standard InChI is InChI=1S/C13H16N2O3/c1-3-8(2)15-7-11(16)14-12-9(13(17)18)5-4-6-10(12)15/h4-6,8H,3,7H2,1-2H3,(H,14,16)(H,17,18). The van der Waals surface area contributed by atoms with Crippen LogP contribution in [0.3, 0.4) is 0 Å². The summed E-state index contributed by atoms with van der Waals surface area (Å²) in [5.74, 6) is -1.20. The third kappa shape index (κ3) is 2.03. The second-order valence-electron chi connectivity index (χ2n) is 4.44. The minimum Gasteiger partial charge on any atom is -0.478 e. The van der Waals surface area contributed by atoms with Gasteiger partial charge in [0.2, 0.25) is 5.91 Å². The largest absolute Gasteiger partial charge is 0.478 e. The van der Waals surface area contributed by atoms with E-state index < -0.39 is 5.97 Å². The van der Waals surface area contributed by atoms with Gasteiger partial charge in [0.1, 0.15) is 0 Å². The summed E-state index contributed by atoms with van der Waals surface area (Å²) in [5, 5.41) is 11.8. The number of benzene rings is 1. The number of carboxylic acids is 1. The summed E-state index contributed by atoms with van der Waals surface area (Å²) in [5.41, 5.74) is 1.32. The predicted molar refractivity (Wildman–Crippen MR) is 69.1 cm³/mol. The van der Waals surface area contributed by atoms with Crippen LogP contribution < -0.4 is 10.2 Å². The summed E-state index contributed by atoms with van der Waals surface area (Å²) in [4.78, 5) is 24.8. The summed E-state index contributed by atoms with van der Waals surface area (Å²) in [6.45, 7) is 4.33. The minimum atomic E-state index is -1.03. The zero-order valence-electron chi connectivity index (χ0n) is 10.4. The molecule has 0 aromatic heterocycles. The number of nitrogens with zero attached hydrogens (tertiary/aromatic N) is 1. The van der Waals surface area contributed by atoms with Crippen LogP contribution in [0.1, 0.15) is 30.6 Å². The molecule has 1 heterocycles. The first-order valence-electron chi connectivity index (χ1n) is 5.97. The second-order valence-corrected chi connectivity index (χ2v) is 4.44. The van der Waals surface area contributed by atoms with Gasteiger partial charge in [0.25, 0.3) is 0 Å². The Bertz CT molecular complexity index is 499. The summed E-state index contributed by atoms with van der Waals surface area (Å²) in [7, 11) is 0. The predicted octanol–water partition coefficient (Wildman–Crippen LogP) is 1.94. The number of amides is 1. The first-order chi connectivity index (χ1) is 8.54. The number of carbonyl (C=O) groups is 2. The Hall–Kier alpha value is -2.04. The van der Waals surface area contributed by atoms with Gasteiger partial charge in [-0.2, -0.15) is 0 Å². The van der Waals surface area contributed by atoms with Crippen LogP contribution in [0.25, 0.3) is 0 Å². The lowest BCUT2D eigenvalue weighted by Crippen LogP contribution is -2.43. The Morgan fingerprint density at radius 3 is 2.89 bits per heavy atom. The molecule has 1 unspecified atom stereocenters. The van der Waals surface area contributed by atoms with Crippen molar-refractivity contribution >= 4 is 23.3 Å². The van der Waals surface area contributed by atoms with Gasteiger partial charge in [-0.15, -0.1) is 0 Å². The fourth-order valence-corrected chi connectivity index (χ4v) is 2.12. The molecule has 1 aromatic rings. The third-order valence-electron chi connectivity index (χ3n) is 3.28. The Morgan fingerprint density at radius 2 is 2.28 bits per heavy atom. The zero-order valence-corrected chi connectivity index (χ0v) is 10.4. The number of carbonyl (C=O) groups excluding carboxylic acids is 1. The number of para-hydroxylation sites is 1. The van der Waals surface area contributed by atoms with Crippen molar-refractivity contribution in [1.29, 1.82) is 0 Å². The van der Waals surface area contributed by atoms with Crippen molar-refractivity contribution in [3.8, 4) is 0 Å². The normalized spacial score (nSPS) is 15.9. The van der Waals surface area contributed by atoms with Gasteiger partial charge in [0.05, 0.1) is 23.5 Å². The van der Waals surface area contributed by atoms with E-state index in [0.717, 1.165) is 12.1 Å². The molecule has 0 fully saturated rings. The van der Waals surface area contributed by atoms with Crippen LogP contribution >= 0.6 is 0 Å². The number of hydrogen-bond donors (Lipinski definition) is 2. The van der Waals surface area contributed by atoms with Crippen molar-refractivity contribution in [2.24, 2.45) is 0 Å². The average Bonchev–Trinajstić information content (AvgIpc) is 2.35. The number of aromatic carboxylic acids is 1. The Labute approximate surface area is 105 Å². The number of hydrogen-bond acceptors (Lipinski definition) is 3. The highest BCUT2D eigenvalue weighted by molar-refractivity contribution is 6.08. The minimum absolute atomic E-state index is 0.133. The number of anilines is 2. The Balaban J connectivity index is 2.53. The van der Waals surface area contributed by atoms with Crippen LogP contribution in [0.15, 0.2) is 18.2 Å². The summed E-state index contributed by atoms with van der Waals surface area (Å²) in [6, 6.07) is 5.24. The zero-order chi connectivity index (χ0) is 13.3. The average molecular weight is 248 g/mol. The first kappa shape index (κ1) is 12.4. The second kappa shape index (κ2) is 4.68. The molecule has 2 N–H and O–H groups in total.